The fourth-order valence-electron chi connectivity index (χ4n) is 3.20. The van der Waals surface area contributed by atoms with Crippen molar-refractivity contribution in [3.63, 3.8) is 0 Å². The highest BCUT2D eigenvalue weighted by atomic mass is 32.2. The van der Waals surface area contributed by atoms with Crippen LogP contribution in [0.5, 0.6) is 0 Å². The Morgan fingerprint density at radius 2 is 1.95 bits per heavy atom. The first kappa shape index (κ1) is 14.3. The van der Waals surface area contributed by atoms with E-state index in [0.29, 0.717) is 5.25 Å². The molecule has 2 aliphatic rings. The molecule has 2 aliphatic carbocycles. The Bertz CT molecular complexity index is 421. The van der Waals surface area contributed by atoms with Crippen molar-refractivity contribution in [2.75, 3.05) is 6.54 Å². The molecule has 2 unspecified atom stereocenters. The maximum Gasteiger partial charge on any atom is 0.209 e. The topological polar surface area (TPSA) is 55.6 Å². The number of hydrogen-bond donors (Lipinski definition) is 1. The second kappa shape index (κ2) is 6.43. The quantitative estimate of drug-likeness (QED) is 0.873. The molecule has 0 saturated heterocycles. The lowest BCUT2D eigenvalue weighted by atomic mass is 9.83. The number of thioether (sulfide) groups is 1. The molecule has 1 aromatic heterocycles. The summed E-state index contributed by atoms with van der Waals surface area (Å²) >= 11 is 1.88. The summed E-state index contributed by atoms with van der Waals surface area (Å²) in [6, 6.07) is 0.752. The van der Waals surface area contributed by atoms with Crippen LogP contribution >= 0.6 is 11.8 Å². The number of tetrazole rings is 1. The smallest absolute Gasteiger partial charge is 0.209 e. The summed E-state index contributed by atoms with van der Waals surface area (Å²) in [7, 11) is 0. The largest absolute Gasteiger partial charge is 0.312 e. The van der Waals surface area contributed by atoms with E-state index in [-0.39, 0.29) is 0 Å². The van der Waals surface area contributed by atoms with Gasteiger partial charge in [0.05, 0.1) is 6.54 Å². The summed E-state index contributed by atoms with van der Waals surface area (Å²) < 4.78 is 1.96. The Morgan fingerprint density at radius 3 is 2.65 bits per heavy atom. The van der Waals surface area contributed by atoms with Crippen LogP contribution in [0.1, 0.15) is 46.0 Å². The molecule has 1 aromatic rings. The Hall–Kier alpha value is -0.620. The second-order valence-corrected chi connectivity index (χ2v) is 7.84. The van der Waals surface area contributed by atoms with Gasteiger partial charge < -0.3 is 5.32 Å². The molecule has 0 amide bonds. The van der Waals surface area contributed by atoms with Gasteiger partial charge in [-0.3, -0.25) is 0 Å². The predicted octanol–water partition coefficient (Wildman–Crippen LogP) is 2.34. The molecule has 5 nitrogen and oxygen atoms in total. The van der Waals surface area contributed by atoms with Crippen LogP contribution in [0.2, 0.25) is 0 Å². The Labute approximate surface area is 125 Å². The van der Waals surface area contributed by atoms with E-state index in [1.54, 1.807) is 0 Å². The minimum atomic E-state index is 0.676. The van der Waals surface area contributed by atoms with Crippen molar-refractivity contribution >= 4 is 11.8 Å². The number of nitrogens with zero attached hydrogens (tertiary/aromatic N) is 4. The summed E-state index contributed by atoms with van der Waals surface area (Å²) in [5.74, 6) is 1.66. The molecule has 2 atom stereocenters. The van der Waals surface area contributed by atoms with E-state index in [1.165, 1.54) is 32.1 Å². The van der Waals surface area contributed by atoms with E-state index in [0.717, 1.165) is 36.1 Å². The zero-order valence-corrected chi connectivity index (χ0v) is 13.3. The van der Waals surface area contributed by atoms with Gasteiger partial charge in [0.15, 0.2) is 0 Å². The standard InChI is InChI=1S/C14H25N5S/c1-10-7-11(2)9-13(8-10)20-14-16-17-18-19(14)6-5-15-12-3-4-12/h10-13,15H,3-9H2,1-2H3. The summed E-state index contributed by atoms with van der Waals surface area (Å²) in [6.07, 6.45) is 6.61. The number of hydrogen-bond acceptors (Lipinski definition) is 5. The fourth-order valence-corrected chi connectivity index (χ4v) is 4.68. The van der Waals surface area contributed by atoms with Gasteiger partial charge in [0, 0.05) is 17.8 Å². The zero-order valence-electron chi connectivity index (χ0n) is 12.5. The van der Waals surface area contributed by atoms with Gasteiger partial charge in [-0.05, 0) is 54.4 Å². The predicted molar refractivity (Wildman–Crippen MR) is 80.7 cm³/mol. The van der Waals surface area contributed by atoms with Crippen LogP contribution in [0, 0.1) is 11.8 Å². The van der Waals surface area contributed by atoms with Gasteiger partial charge >= 0.3 is 0 Å². The number of aromatic nitrogens is 4. The molecule has 2 fully saturated rings. The highest BCUT2D eigenvalue weighted by Gasteiger charge is 2.26. The third kappa shape index (κ3) is 3.95. The summed E-state index contributed by atoms with van der Waals surface area (Å²) in [4.78, 5) is 0. The summed E-state index contributed by atoms with van der Waals surface area (Å²) in [5.41, 5.74) is 0. The van der Waals surface area contributed by atoms with Gasteiger partial charge in [-0.25, -0.2) is 4.68 Å². The minimum absolute atomic E-state index is 0.676. The average molecular weight is 295 g/mol. The average Bonchev–Trinajstić information content (AvgIpc) is 3.10. The molecular weight excluding hydrogens is 270 g/mol. The van der Waals surface area contributed by atoms with E-state index in [9.17, 15) is 0 Å². The first-order chi connectivity index (χ1) is 9.70. The molecule has 2 saturated carbocycles. The van der Waals surface area contributed by atoms with Crippen molar-refractivity contribution in [2.45, 2.75) is 68.9 Å². The lowest BCUT2D eigenvalue weighted by Gasteiger charge is -2.30. The SMILES string of the molecule is CC1CC(C)CC(Sc2nnnn2CCNC2CC2)C1. The van der Waals surface area contributed by atoms with Crippen LogP contribution in [-0.2, 0) is 6.54 Å². The molecular formula is C14H25N5S. The normalized spacial score (nSPS) is 30.6. The van der Waals surface area contributed by atoms with E-state index in [2.05, 4.69) is 34.7 Å². The van der Waals surface area contributed by atoms with E-state index >= 15 is 0 Å². The van der Waals surface area contributed by atoms with E-state index in [4.69, 9.17) is 0 Å². The number of rotatable bonds is 6. The van der Waals surface area contributed by atoms with Gasteiger partial charge in [0.2, 0.25) is 5.16 Å². The van der Waals surface area contributed by atoms with Crippen molar-refractivity contribution in [3.05, 3.63) is 0 Å². The van der Waals surface area contributed by atoms with Crippen LogP contribution in [-0.4, -0.2) is 38.0 Å². The van der Waals surface area contributed by atoms with Crippen molar-refractivity contribution < 1.29 is 0 Å². The number of nitrogens with one attached hydrogen (secondary N) is 1. The minimum Gasteiger partial charge on any atom is -0.312 e. The molecule has 0 radical (unpaired) electrons. The maximum absolute atomic E-state index is 4.21. The van der Waals surface area contributed by atoms with Crippen LogP contribution in [0.25, 0.3) is 0 Å². The highest BCUT2D eigenvalue weighted by molar-refractivity contribution is 7.99. The van der Waals surface area contributed by atoms with Crippen molar-refractivity contribution in [1.29, 1.82) is 0 Å². The molecule has 6 heteroatoms. The Kier molecular flexibility index (Phi) is 4.61. The van der Waals surface area contributed by atoms with Gasteiger partial charge in [0.25, 0.3) is 0 Å². The lowest BCUT2D eigenvalue weighted by molar-refractivity contribution is 0.308. The molecule has 1 heterocycles. The first-order valence-electron chi connectivity index (χ1n) is 7.87. The van der Waals surface area contributed by atoms with Crippen LogP contribution in [0.3, 0.4) is 0 Å². The molecule has 0 aliphatic heterocycles. The lowest BCUT2D eigenvalue weighted by Crippen LogP contribution is -2.24. The maximum atomic E-state index is 4.21. The van der Waals surface area contributed by atoms with E-state index in [1.807, 2.05) is 16.4 Å². The highest BCUT2D eigenvalue weighted by Crippen LogP contribution is 2.37. The Morgan fingerprint density at radius 1 is 1.20 bits per heavy atom. The Balaban J connectivity index is 1.52. The third-order valence-electron chi connectivity index (χ3n) is 4.24. The van der Waals surface area contributed by atoms with Crippen LogP contribution < -0.4 is 5.32 Å². The molecule has 0 bridgehead atoms. The van der Waals surface area contributed by atoms with Gasteiger partial charge in [-0.15, -0.1) is 5.10 Å². The van der Waals surface area contributed by atoms with Gasteiger partial charge in [-0.1, -0.05) is 25.6 Å². The second-order valence-electron chi connectivity index (χ2n) is 6.57. The van der Waals surface area contributed by atoms with E-state index < -0.39 is 0 Å². The molecule has 3 rings (SSSR count). The monoisotopic (exact) mass is 295 g/mol. The van der Waals surface area contributed by atoms with Crippen LogP contribution in [0.15, 0.2) is 5.16 Å². The molecule has 112 valence electrons. The molecule has 1 N–H and O–H groups in total. The van der Waals surface area contributed by atoms with Crippen molar-refractivity contribution in [3.8, 4) is 0 Å². The summed E-state index contributed by atoms with van der Waals surface area (Å²) in [6.45, 7) is 6.59. The van der Waals surface area contributed by atoms with Crippen molar-refractivity contribution in [2.24, 2.45) is 11.8 Å². The van der Waals surface area contributed by atoms with Crippen molar-refractivity contribution in [1.82, 2.24) is 25.5 Å². The fraction of sp³-hybridized carbons (Fsp3) is 0.929. The molecule has 0 aromatic carbocycles. The molecule has 0 spiro atoms. The third-order valence-corrected chi connectivity index (χ3v) is 5.46. The van der Waals surface area contributed by atoms with Crippen LogP contribution in [0.4, 0.5) is 0 Å². The van der Waals surface area contributed by atoms with Gasteiger partial charge in [-0.2, -0.15) is 0 Å². The first-order valence-corrected chi connectivity index (χ1v) is 8.75. The van der Waals surface area contributed by atoms with Gasteiger partial charge in [0.1, 0.15) is 0 Å². The summed E-state index contributed by atoms with van der Waals surface area (Å²) in [5, 5.41) is 17.4. The molecule has 20 heavy (non-hydrogen) atoms. The zero-order chi connectivity index (χ0) is 13.9.